The molecule has 0 unspecified atom stereocenters. The number of rotatable bonds is 8. The Kier molecular flexibility index (Phi) is 6.49. The van der Waals surface area contributed by atoms with E-state index in [1.807, 2.05) is 6.92 Å². The summed E-state index contributed by atoms with van der Waals surface area (Å²) in [6.07, 6.45) is 6.99. The Labute approximate surface area is 147 Å². The van der Waals surface area contributed by atoms with Gasteiger partial charge >= 0.3 is 5.97 Å². The summed E-state index contributed by atoms with van der Waals surface area (Å²) in [7, 11) is -1.70. The largest absolute Gasteiger partial charge is 0.458 e. The Morgan fingerprint density at radius 1 is 1.32 bits per heavy atom. The Bertz CT molecular complexity index is 839. The van der Waals surface area contributed by atoms with Gasteiger partial charge in [-0.15, -0.1) is 0 Å². The number of hydrogen-bond donors (Lipinski definition) is 1. The minimum absolute atomic E-state index is 0.150. The number of hydrogen-bond acceptors (Lipinski definition) is 5. The van der Waals surface area contributed by atoms with Crippen molar-refractivity contribution in [3.8, 4) is 0 Å². The predicted molar refractivity (Wildman–Crippen MR) is 94.0 cm³/mol. The van der Waals surface area contributed by atoms with Crippen molar-refractivity contribution in [2.45, 2.75) is 24.8 Å². The third kappa shape index (κ3) is 5.84. The van der Waals surface area contributed by atoms with Crippen LogP contribution in [0.4, 0.5) is 0 Å². The van der Waals surface area contributed by atoms with Crippen molar-refractivity contribution in [1.82, 2.24) is 14.5 Å². The summed E-state index contributed by atoms with van der Waals surface area (Å²) in [5.41, 5.74) is 1.51. The maximum Gasteiger partial charge on any atom is 0.331 e. The summed E-state index contributed by atoms with van der Waals surface area (Å²) in [5, 5.41) is 3.99. The fraction of sp³-hybridized carbons (Fsp3) is 0.294. The molecule has 0 radical (unpaired) electrons. The first-order valence-electron chi connectivity index (χ1n) is 7.83. The fourth-order valence-corrected chi connectivity index (χ4v) is 3.13. The second-order valence-corrected chi connectivity index (χ2v) is 7.20. The number of carbonyl (C=O) groups excluding carboxylic acids is 1. The van der Waals surface area contributed by atoms with Crippen molar-refractivity contribution in [2.24, 2.45) is 7.05 Å². The normalized spacial score (nSPS) is 11.8. The van der Waals surface area contributed by atoms with Crippen molar-refractivity contribution in [2.75, 3.05) is 6.54 Å². The van der Waals surface area contributed by atoms with Gasteiger partial charge in [-0.2, -0.15) is 5.10 Å². The molecule has 134 valence electrons. The van der Waals surface area contributed by atoms with Crippen LogP contribution in [0, 0.1) is 0 Å². The number of ether oxygens (including phenoxy) is 1. The van der Waals surface area contributed by atoms with E-state index in [2.05, 4.69) is 9.82 Å². The molecule has 2 aromatic rings. The molecule has 0 aliphatic carbocycles. The van der Waals surface area contributed by atoms with Gasteiger partial charge in [0, 0.05) is 31.4 Å². The van der Waals surface area contributed by atoms with Gasteiger partial charge in [0.15, 0.2) is 0 Å². The second-order valence-electron chi connectivity index (χ2n) is 5.43. The van der Waals surface area contributed by atoms with E-state index in [0.29, 0.717) is 12.1 Å². The first-order chi connectivity index (χ1) is 11.9. The van der Waals surface area contributed by atoms with E-state index in [0.717, 1.165) is 12.0 Å². The zero-order valence-electron chi connectivity index (χ0n) is 14.2. The van der Waals surface area contributed by atoms with Gasteiger partial charge in [0.05, 0.1) is 11.1 Å². The molecule has 0 aliphatic heterocycles. The highest BCUT2D eigenvalue weighted by Crippen LogP contribution is 2.12. The molecular weight excluding hydrogens is 342 g/mol. The number of aromatic nitrogens is 2. The second kappa shape index (κ2) is 8.59. The molecule has 0 aliphatic rings. The number of nitrogens with zero attached hydrogens (tertiary/aromatic N) is 2. The smallest absolute Gasteiger partial charge is 0.331 e. The molecule has 0 amide bonds. The summed E-state index contributed by atoms with van der Waals surface area (Å²) in [6, 6.07) is 6.26. The van der Waals surface area contributed by atoms with Crippen molar-refractivity contribution in [3.05, 3.63) is 53.9 Å². The van der Waals surface area contributed by atoms with Crippen LogP contribution < -0.4 is 4.72 Å². The SMILES string of the molecule is CCCNS(=O)(=O)c1ccc(/C=C/C(=O)OCc2cnn(C)c2)cc1. The molecule has 1 heterocycles. The summed E-state index contributed by atoms with van der Waals surface area (Å²) in [4.78, 5) is 11.9. The highest BCUT2D eigenvalue weighted by atomic mass is 32.2. The summed E-state index contributed by atoms with van der Waals surface area (Å²) in [5.74, 6) is -0.481. The minimum atomic E-state index is -3.48. The van der Waals surface area contributed by atoms with Crippen LogP contribution in [0.5, 0.6) is 0 Å². The highest BCUT2D eigenvalue weighted by Gasteiger charge is 2.12. The van der Waals surface area contributed by atoms with Crippen LogP contribution in [0.25, 0.3) is 6.08 Å². The van der Waals surface area contributed by atoms with Gasteiger partial charge in [0.2, 0.25) is 10.0 Å². The monoisotopic (exact) mass is 363 g/mol. The lowest BCUT2D eigenvalue weighted by Gasteiger charge is -2.05. The number of esters is 1. The van der Waals surface area contributed by atoms with Gasteiger partial charge < -0.3 is 4.74 Å². The molecular formula is C17H21N3O4S. The quantitative estimate of drug-likeness (QED) is 0.571. The van der Waals surface area contributed by atoms with Gasteiger partial charge in [-0.05, 0) is 30.2 Å². The molecule has 0 atom stereocenters. The first-order valence-corrected chi connectivity index (χ1v) is 9.31. The zero-order valence-corrected chi connectivity index (χ0v) is 15.0. The molecule has 0 fully saturated rings. The van der Waals surface area contributed by atoms with Gasteiger partial charge in [-0.3, -0.25) is 4.68 Å². The zero-order chi connectivity index (χ0) is 18.3. The van der Waals surface area contributed by atoms with Crippen LogP contribution >= 0.6 is 0 Å². The average molecular weight is 363 g/mol. The minimum Gasteiger partial charge on any atom is -0.458 e. The van der Waals surface area contributed by atoms with Crippen LogP contribution in [0.2, 0.25) is 0 Å². The van der Waals surface area contributed by atoms with Crippen molar-refractivity contribution in [3.63, 3.8) is 0 Å². The third-order valence-corrected chi connectivity index (χ3v) is 4.76. The average Bonchev–Trinajstić information content (AvgIpc) is 3.02. The van der Waals surface area contributed by atoms with Crippen LogP contribution in [0.3, 0.4) is 0 Å². The Morgan fingerprint density at radius 3 is 2.64 bits per heavy atom. The Balaban J connectivity index is 1.91. The van der Waals surface area contributed by atoms with Crippen molar-refractivity contribution >= 4 is 22.1 Å². The van der Waals surface area contributed by atoms with Gasteiger partial charge in [0.25, 0.3) is 0 Å². The lowest BCUT2D eigenvalue weighted by molar-refractivity contribution is -0.138. The number of sulfonamides is 1. The number of nitrogens with one attached hydrogen (secondary N) is 1. The predicted octanol–water partition coefficient (Wildman–Crippen LogP) is 1.86. The number of carbonyl (C=O) groups is 1. The summed E-state index contributed by atoms with van der Waals surface area (Å²) in [6.45, 7) is 2.44. The third-order valence-electron chi connectivity index (χ3n) is 3.28. The molecule has 2 rings (SSSR count). The lowest BCUT2D eigenvalue weighted by Crippen LogP contribution is -2.24. The van der Waals surface area contributed by atoms with Crippen LogP contribution in [-0.4, -0.2) is 30.7 Å². The van der Waals surface area contributed by atoms with Gasteiger partial charge in [-0.25, -0.2) is 17.9 Å². The molecule has 8 heteroatoms. The molecule has 25 heavy (non-hydrogen) atoms. The molecule has 1 N–H and O–H groups in total. The van der Waals surface area contributed by atoms with Crippen molar-refractivity contribution in [1.29, 1.82) is 0 Å². The first kappa shape index (κ1) is 18.9. The summed E-state index contributed by atoms with van der Waals surface area (Å²) < 4.78 is 33.2. The van der Waals surface area contributed by atoms with E-state index >= 15 is 0 Å². The summed E-state index contributed by atoms with van der Waals surface area (Å²) >= 11 is 0. The van der Waals surface area contributed by atoms with Crippen LogP contribution in [0.1, 0.15) is 24.5 Å². The molecule has 0 saturated carbocycles. The standard InChI is InChI=1S/C17H21N3O4S/c1-3-10-19-25(22,23)16-7-4-14(5-8-16)6-9-17(21)24-13-15-11-18-20(2)12-15/h4-9,11-12,19H,3,10,13H2,1-2H3/b9-6+. The molecule has 1 aromatic heterocycles. The van der Waals surface area contributed by atoms with E-state index in [-0.39, 0.29) is 11.5 Å². The molecule has 0 spiro atoms. The Morgan fingerprint density at radius 2 is 2.04 bits per heavy atom. The van der Waals surface area contributed by atoms with E-state index in [1.165, 1.54) is 18.2 Å². The molecule has 0 saturated heterocycles. The number of benzene rings is 1. The molecule has 0 bridgehead atoms. The lowest BCUT2D eigenvalue weighted by atomic mass is 10.2. The van der Waals surface area contributed by atoms with Crippen molar-refractivity contribution < 1.29 is 17.9 Å². The maximum absolute atomic E-state index is 12.0. The van der Waals surface area contributed by atoms with Gasteiger partial charge in [-0.1, -0.05) is 19.1 Å². The van der Waals surface area contributed by atoms with Crippen LogP contribution in [0.15, 0.2) is 47.6 Å². The van der Waals surface area contributed by atoms with Crippen LogP contribution in [-0.2, 0) is 33.2 Å². The number of aryl methyl sites for hydroxylation is 1. The molecule has 1 aromatic carbocycles. The maximum atomic E-state index is 12.0. The van der Waals surface area contributed by atoms with Gasteiger partial charge in [0.1, 0.15) is 6.61 Å². The van der Waals surface area contributed by atoms with E-state index in [4.69, 9.17) is 4.74 Å². The Hall–Kier alpha value is -2.45. The molecule has 7 nitrogen and oxygen atoms in total. The van der Waals surface area contributed by atoms with E-state index < -0.39 is 16.0 Å². The van der Waals surface area contributed by atoms with E-state index in [9.17, 15) is 13.2 Å². The fourth-order valence-electron chi connectivity index (χ4n) is 1.99. The highest BCUT2D eigenvalue weighted by molar-refractivity contribution is 7.89. The topological polar surface area (TPSA) is 90.3 Å². The van der Waals surface area contributed by atoms with E-state index in [1.54, 1.807) is 42.3 Å².